The van der Waals surface area contributed by atoms with Crippen molar-refractivity contribution in [3.8, 4) is 0 Å². The average Bonchev–Trinajstić information content (AvgIpc) is 2.47. The van der Waals surface area contributed by atoms with Crippen LogP contribution in [-0.4, -0.2) is 32.5 Å². The predicted molar refractivity (Wildman–Crippen MR) is 81.5 cm³/mol. The van der Waals surface area contributed by atoms with E-state index in [0.717, 1.165) is 12.1 Å². The van der Waals surface area contributed by atoms with Gasteiger partial charge >= 0.3 is 0 Å². The van der Waals surface area contributed by atoms with Crippen LogP contribution >= 0.6 is 0 Å². The Hall–Kier alpha value is -2.13. The average molecular weight is 342 g/mol. The van der Waals surface area contributed by atoms with E-state index in [4.69, 9.17) is 0 Å². The summed E-state index contributed by atoms with van der Waals surface area (Å²) in [6, 6.07) is 4.04. The van der Waals surface area contributed by atoms with Crippen molar-refractivity contribution in [2.24, 2.45) is 0 Å². The number of hydrogen-bond acceptors (Lipinski definition) is 5. The lowest BCUT2D eigenvalue weighted by Crippen LogP contribution is -2.24. The zero-order valence-electron chi connectivity index (χ0n) is 12.8. The second kappa shape index (κ2) is 6.55. The largest absolute Gasteiger partial charge is 0.347 e. The topological polar surface area (TPSA) is 75.2 Å². The van der Waals surface area contributed by atoms with Crippen molar-refractivity contribution in [3.63, 3.8) is 0 Å². The van der Waals surface area contributed by atoms with Gasteiger partial charge in [0.15, 0.2) is 11.6 Å². The van der Waals surface area contributed by atoms with Gasteiger partial charge < -0.3 is 4.90 Å². The number of halogens is 2. The third-order valence-electron chi connectivity index (χ3n) is 2.94. The molecule has 0 spiro atoms. The molecule has 0 amide bonds. The Balaban J connectivity index is 2.20. The second-order valence-corrected chi connectivity index (χ2v) is 6.86. The molecule has 1 aromatic heterocycles. The van der Waals surface area contributed by atoms with Gasteiger partial charge in [0, 0.05) is 19.8 Å². The molecule has 1 aromatic carbocycles. The SMILES string of the molecule is Cc1cc(CNS(=O)(=O)c2ccc(F)c(F)c2)nc(N(C)C)n1. The molecule has 0 unspecified atom stereocenters. The van der Waals surface area contributed by atoms with Gasteiger partial charge in [0.2, 0.25) is 16.0 Å². The van der Waals surface area contributed by atoms with Crippen molar-refractivity contribution < 1.29 is 17.2 Å². The predicted octanol–water partition coefficient (Wildman–Crippen LogP) is 1.61. The number of aromatic nitrogens is 2. The Morgan fingerprint density at radius 1 is 1.13 bits per heavy atom. The van der Waals surface area contributed by atoms with Crippen molar-refractivity contribution in [1.29, 1.82) is 0 Å². The van der Waals surface area contributed by atoms with Crippen LogP contribution < -0.4 is 9.62 Å². The highest BCUT2D eigenvalue weighted by Crippen LogP contribution is 2.14. The summed E-state index contributed by atoms with van der Waals surface area (Å²) < 4.78 is 52.6. The van der Waals surface area contributed by atoms with Gasteiger partial charge in [0.25, 0.3) is 0 Å². The van der Waals surface area contributed by atoms with E-state index >= 15 is 0 Å². The van der Waals surface area contributed by atoms with E-state index in [1.165, 1.54) is 0 Å². The number of hydrogen-bond donors (Lipinski definition) is 1. The van der Waals surface area contributed by atoms with Crippen LogP contribution in [0.1, 0.15) is 11.4 Å². The van der Waals surface area contributed by atoms with Gasteiger partial charge in [0.05, 0.1) is 17.1 Å². The van der Waals surface area contributed by atoms with Crippen molar-refractivity contribution in [3.05, 3.63) is 47.3 Å². The summed E-state index contributed by atoms with van der Waals surface area (Å²) in [5.41, 5.74) is 1.15. The molecule has 0 bridgehead atoms. The van der Waals surface area contributed by atoms with Crippen LogP contribution in [0.15, 0.2) is 29.2 Å². The monoisotopic (exact) mass is 342 g/mol. The first-order chi connectivity index (χ1) is 10.7. The molecular weight excluding hydrogens is 326 g/mol. The fourth-order valence-electron chi connectivity index (χ4n) is 1.80. The first-order valence-corrected chi connectivity index (χ1v) is 8.14. The van der Waals surface area contributed by atoms with Gasteiger partial charge in [-0.15, -0.1) is 0 Å². The van der Waals surface area contributed by atoms with Crippen molar-refractivity contribution in [1.82, 2.24) is 14.7 Å². The number of sulfonamides is 1. The molecule has 23 heavy (non-hydrogen) atoms. The molecule has 0 aliphatic carbocycles. The van der Waals surface area contributed by atoms with Gasteiger partial charge in [-0.05, 0) is 31.2 Å². The number of anilines is 1. The number of nitrogens with one attached hydrogen (secondary N) is 1. The maximum atomic E-state index is 13.2. The van der Waals surface area contributed by atoms with Crippen molar-refractivity contribution in [2.45, 2.75) is 18.4 Å². The van der Waals surface area contributed by atoms with Crippen LogP contribution in [0.2, 0.25) is 0 Å². The molecule has 0 saturated carbocycles. The molecule has 124 valence electrons. The molecule has 9 heteroatoms. The zero-order valence-corrected chi connectivity index (χ0v) is 13.7. The number of aryl methyl sites for hydroxylation is 1. The van der Waals surface area contributed by atoms with E-state index < -0.39 is 21.7 Å². The fraction of sp³-hybridized carbons (Fsp3) is 0.286. The molecule has 1 N–H and O–H groups in total. The molecule has 2 aromatic rings. The molecule has 1 heterocycles. The number of benzene rings is 1. The molecule has 6 nitrogen and oxygen atoms in total. The molecule has 0 fully saturated rings. The highest BCUT2D eigenvalue weighted by molar-refractivity contribution is 7.89. The van der Waals surface area contributed by atoms with Crippen molar-refractivity contribution >= 4 is 16.0 Å². The molecule has 0 radical (unpaired) electrons. The Morgan fingerprint density at radius 2 is 1.83 bits per heavy atom. The smallest absolute Gasteiger partial charge is 0.241 e. The normalized spacial score (nSPS) is 11.5. The van der Waals surface area contributed by atoms with E-state index in [9.17, 15) is 17.2 Å². The van der Waals surface area contributed by atoms with Gasteiger partial charge in [-0.3, -0.25) is 0 Å². The quantitative estimate of drug-likeness (QED) is 0.893. The van der Waals surface area contributed by atoms with E-state index in [2.05, 4.69) is 14.7 Å². The lowest BCUT2D eigenvalue weighted by molar-refractivity contribution is 0.504. The third-order valence-corrected chi connectivity index (χ3v) is 4.34. The molecule has 0 aliphatic rings. The van der Waals surface area contributed by atoms with Crippen LogP contribution in [0.5, 0.6) is 0 Å². The fourth-order valence-corrected chi connectivity index (χ4v) is 2.81. The van der Waals surface area contributed by atoms with E-state index in [-0.39, 0.29) is 11.4 Å². The minimum absolute atomic E-state index is 0.0917. The summed E-state index contributed by atoms with van der Waals surface area (Å²) in [4.78, 5) is 9.76. The lowest BCUT2D eigenvalue weighted by atomic mass is 10.3. The minimum Gasteiger partial charge on any atom is -0.347 e. The Morgan fingerprint density at radius 3 is 2.43 bits per heavy atom. The van der Waals surface area contributed by atoms with Gasteiger partial charge in [-0.25, -0.2) is 31.9 Å². The number of rotatable bonds is 5. The van der Waals surface area contributed by atoms with E-state index in [0.29, 0.717) is 23.4 Å². The van der Waals surface area contributed by atoms with Crippen molar-refractivity contribution in [2.75, 3.05) is 19.0 Å². The van der Waals surface area contributed by atoms with Crippen LogP contribution in [0.4, 0.5) is 14.7 Å². The molecule has 0 aliphatic heterocycles. The highest BCUT2D eigenvalue weighted by atomic mass is 32.2. The first-order valence-electron chi connectivity index (χ1n) is 6.65. The molecule has 0 saturated heterocycles. The highest BCUT2D eigenvalue weighted by Gasteiger charge is 2.17. The Bertz CT molecular complexity index is 826. The minimum atomic E-state index is -3.97. The molecule has 0 atom stereocenters. The van der Waals surface area contributed by atoms with Crippen LogP contribution in [-0.2, 0) is 16.6 Å². The van der Waals surface area contributed by atoms with Crippen LogP contribution in [0, 0.1) is 18.6 Å². The Kier molecular flexibility index (Phi) is 4.90. The van der Waals surface area contributed by atoms with Gasteiger partial charge in [0.1, 0.15) is 0 Å². The summed E-state index contributed by atoms with van der Waals surface area (Å²) in [6.45, 7) is 1.67. The summed E-state index contributed by atoms with van der Waals surface area (Å²) in [5.74, 6) is -1.88. The van der Waals surface area contributed by atoms with E-state index in [1.54, 1.807) is 32.0 Å². The third kappa shape index (κ3) is 4.20. The van der Waals surface area contributed by atoms with Crippen LogP contribution in [0.3, 0.4) is 0 Å². The molecule has 2 rings (SSSR count). The lowest BCUT2D eigenvalue weighted by Gasteiger charge is -2.13. The summed E-state index contributed by atoms with van der Waals surface area (Å²) >= 11 is 0. The zero-order chi connectivity index (χ0) is 17.2. The number of nitrogens with zero attached hydrogens (tertiary/aromatic N) is 3. The summed E-state index contributed by atoms with van der Waals surface area (Å²) in [7, 11) is -0.439. The van der Waals surface area contributed by atoms with Crippen LogP contribution in [0.25, 0.3) is 0 Å². The van der Waals surface area contributed by atoms with E-state index in [1.807, 2.05) is 0 Å². The maximum absolute atomic E-state index is 13.2. The Labute approximate surface area is 133 Å². The second-order valence-electron chi connectivity index (χ2n) is 5.10. The summed E-state index contributed by atoms with van der Waals surface area (Å²) in [5, 5.41) is 0. The first kappa shape index (κ1) is 17.2. The van der Waals surface area contributed by atoms with Gasteiger partial charge in [-0.1, -0.05) is 0 Å². The molecular formula is C14H16F2N4O2S. The van der Waals surface area contributed by atoms with Gasteiger partial charge in [-0.2, -0.15) is 0 Å². The summed E-state index contributed by atoms with van der Waals surface area (Å²) in [6.07, 6.45) is 0. The maximum Gasteiger partial charge on any atom is 0.241 e. The standard InChI is InChI=1S/C14H16F2N4O2S/c1-9-6-10(19-14(18-9)20(2)3)8-17-23(21,22)11-4-5-12(15)13(16)7-11/h4-7,17H,8H2,1-3H3.